The first-order valence-electron chi connectivity index (χ1n) is 24.3. The first kappa shape index (κ1) is 55.8. The number of rotatable bonds is 43. The van der Waals surface area contributed by atoms with E-state index in [4.69, 9.17) is 9.47 Å². The fraction of sp³-hybridized carbons (Fsp3) is 0.667. The van der Waals surface area contributed by atoms with E-state index >= 15 is 0 Å². The van der Waals surface area contributed by atoms with Crippen molar-refractivity contribution in [3.8, 4) is 0 Å². The lowest BCUT2D eigenvalue weighted by molar-refractivity contribution is -0.161. The van der Waals surface area contributed by atoms with Crippen molar-refractivity contribution in [1.82, 2.24) is 0 Å². The highest BCUT2D eigenvalue weighted by Gasteiger charge is 2.16. The normalized spacial score (nSPS) is 13.1. The SMILES string of the molecule is CC/C=C\C/C=C\C/C=C\C/C=C\C/C=C\C/C=C\C/C=C\C/C=C\CCCCCCCCCCC(=O)OC(CO)COC(=O)CCCCCCCCCCCCCC. The molecular formula is C54H90O5. The average Bonchev–Trinajstić information content (AvgIpc) is 3.24. The molecule has 0 fully saturated rings. The van der Waals surface area contributed by atoms with Gasteiger partial charge in [0.1, 0.15) is 6.61 Å². The Balaban J connectivity index is 3.59. The highest BCUT2D eigenvalue weighted by molar-refractivity contribution is 5.70. The van der Waals surface area contributed by atoms with Crippen molar-refractivity contribution in [2.24, 2.45) is 0 Å². The Labute approximate surface area is 364 Å². The maximum Gasteiger partial charge on any atom is 0.306 e. The number of ether oxygens (including phenoxy) is 2. The van der Waals surface area contributed by atoms with Gasteiger partial charge in [0.05, 0.1) is 6.61 Å². The summed E-state index contributed by atoms with van der Waals surface area (Å²) in [6, 6.07) is 0. The molecule has 5 nitrogen and oxygen atoms in total. The number of aliphatic hydroxyl groups is 1. The molecule has 5 heteroatoms. The summed E-state index contributed by atoms with van der Waals surface area (Å²) in [6.45, 7) is 4.01. The van der Waals surface area contributed by atoms with E-state index in [2.05, 4.69) is 111 Å². The van der Waals surface area contributed by atoms with Crippen LogP contribution in [0.1, 0.15) is 213 Å². The van der Waals surface area contributed by atoms with E-state index in [0.717, 1.165) is 96.3 Å². The summed E-state index contributed by atoms with van der Waals surface area (Å²) in [4.78, 5) is 24.3. The summed E-state index contributed by atoms with van der Waals surface area (Å²) in [7, 11) is 0. The minimum absolute atomic E-state index is 0.0715. The lowest BCUT2D eigenvalue weighted by Crippen LogP contribution is -2.28. The second-order valence-corrected chi connectivity index (χ2v) is 15.8. The van der Waals surface area contributed by atoms with Crippen molar-refractivity contribution in [3.05, 3.63) is 97.2 Å². The van der Waals surface area contributed by atoms with Gasteiger partial charge in [-0.1, -0.05) is 220 Å². The predicted molar refractivity (Wildman–Crippen MR) is 256 cm³/mol. The largest absolute Gasteiger partial charge is 0.462 e. The topological polar surface area (TPSA) is 72.8 Å². The second-order valence-electron chi connectivity index (χ2n) is 15.8. The minimum Gasteiger partial charge on any atom is -0.462 e. The molecule has 0 aliphatic carbocycles. The van der Waals surface area contributed by atoms with Gasteiger partial charge in [-0.3, -0.25) is 9.59 Å². The molecule has 0 aliphatic rings. The van der Waals surface area contributed by atoms with E-state index in [1.807, 2.05) is 0 Å². The van der Waals surface area contributed by atoms with Gasteiger partial charge < -0.3 is 14.6 Å². The van der Waals surface area contributed by atoms with Gasteiger partial charge >= 0.3 is 11.9 Å². The lowest BCUT2D eigenvalue weighted by Gasteiger charge is -2.15. The van der Waals surface area contributed by atoms with Crippen LogP contribution in [0.3, 0.4) is 0 Å². The molecule has 336 valence electrons. The molecule has 59 heavy (non-hydrogen) atoms. The molecule has 0 aliphatic heterocycles. The van der Waals surface area contributed by atoms with E-state index in [0.29, 0.717) is 12.8 Å². The number of hydrogen-bond acceptors (Lipinski definition) is 5. The first-order chi connectivity index (χ1) is 29.1. The lowest BCUT2D eigenvalue weighted by atomic mass is 10.0. The van der Waals surface area contributed by atoms with Crippen molar-refractivity contribution in [2.45, 2.75) is 219 Å². The Hall–Kier alpha value is -3.18. The zero-order valence-corrected chi connectivity index (χ0v) is 38.2. The molecule has 0 aromatic carbocycles. The molecule has 0 spiro atoms. The minimum atomic E-state index is -0.779. The molecule has 0 heterocycles. The molecule has 0 aromatic rings. The van der Waals surface area contributed by atoms with E-state index in [-0.39, 0.29) is 25.2 Å². The third-order valence-electron chi connectivity index (χ3n) is 10.1. The maximum absolute atomic E-state index is 12.2. The third-order valence-corrected chi connectivity index (χ3v) is 10.1. The predicted octanol–water partition coefficient (Wildman–Crippen LogP) is 16.0. The number of aliphatic hydroxyl groups excluding tert-OH is 1. The number of carbonyl (C=O) groups is 2. The van der Waals surface area contributed by atoms with Crippen LogP contribution < -0.4 is 0 Å². The first-order valence-corrected chi connectivity index (χ1v) is 24.3. The molecule has 1 N–H and O–H groups in total. The number of hydrogen-bond donors (Lipinski definition) is 1. The van der Waals surface area contributed by atoms with Crippen molar-refractivity contribution in [3.63, 3.8) is 0 Å². The molecule has 1 unspecified atom stereocenters. The van der Waals surface area contributed by atoms with E-state index in [9.17, 15) is 14.7 Å². The third kappa shape index (κ3) is 47.4. The molecule has 0 amide bonds. The molecule has 0 aromatic heterocycles. The van der Waals surface area contributed by atoms with Gasteiger partial charge in [-0.15, -0.1) is 0 Å². The quantitative estimate of drug-likeness (QED) is 0.0377. The van der Waals surface area contributed by atoms with Crippen LogP contribution in [0.25, 0.3) is 0 Å². The summed E-state index contributed by atoms with van der Waals surface area (Å²) in [6.07, 6.45) is 69.2. The van der Waals surface area contributed by atoms with Crippen molar-refractivity contribution in [1.29, 1.82) is 0 Å². The molecular weight excluding hydrogens is 729 g/mol. The van der Waals surface area contributed by atoms with Crippen LogP contribution in [-0.2, 0) is 19.1 Å². The zero-order valence-electron chi connectivity index (χ0n) is 38.2. The van der Waals surface area contributed by atoms with E-state index < -0.39 is 6.10 Å². The average molecular weight is 819 g/mol. The molecule has 0 saturated carbocycles. The van der Waals surface area contributed by atoms with Crippen LogP contribution >= 0.6 is 0 Å². The molecule has 0 rings (SSSR count). The molecule has 1 atom stereocenters. The number of allylic oxidation sites excluding steroid dienone is 16. The highest BCUT2D eigenvalue weighted by atomic mass is 16.6. The van der Waals surface area contributed by atoms with Gasteiger partial charge in [0, 0.05) is 12.8 Å². The smallest absolute Gasteiger partial charge is 0.306 e. The summed E-state index contributed by atoms with van der Waals surface area (Å²) in [5.74, 6) is -0.603. The van der Waals surface area contributed by atoms with E-state index in [1.54, 1.807) is 0 Å². The number of esters is 2. The summed E-state index contributed by atoms with van der Waals surface area (Å²) < 4.78 is 10.6. The zero-order chi connectivity index (χ0) is 42.8. The van der Waals surface area contributed by atoms with Crippen molar-refractivity contribution in [2.75, 3.05) is 13.2 Å². The Bertz CT molecular complexity index is 1150. The van der Waals surface area contributed by atoms with Gasteiger partial charge in [-0.25, -0.2) is 0 Å². The summed E-state index contributed by atoms with van der Waals surface area (Å²) in [5, 5.41) is 9.59. The van der Waals surface area contributed by atoms with Crippen LogP contribution in [0.2, 0.25) is 0 Å². The fourth-order valence-electron chi connectivity index (χ4n) is 6.51. The van der Waals surface area contributed by atoms with Gasteiger partial charge in [-0.05, 0) is 77.0 Å². The Morgan fingerprint density at radius 2 is 0.729 bits per heavy atom. The standard InChI is InChI=1S/C54H90O5/c1-3-5-7-9-11-13-15-17-18-19-20-21-22-23-24-25-26-27-28-29-30-31-32-33-34-35-36-37-39-41-43-45-47-49-54(57)59-52(50-55)51-58-53(56)48-46-44-42-40-38-16-14-12-10-8-6-4-2/h5,7,11,13,17-18,20-21,23-24,26-27,29-30,32-33,52,55H,3-4,6,8-10,12,14-16,19,22,25,28,31,34-51H2,1-2H3/b7-5-,13-11-,18-17-,21-20-,24-23-,27-26-,30-29-,33-32-. The monoisotopic (exact) mass is 819 g/mol. The van der Waals surface area contributed by atoms with E-state index in [1.165, 1.54) is 89.9 Å². The van der Waals surface area contributed by atoms with Gasteiger partial charge in [0.15, 0.2) is 6.10 Å². The Kier molecular flexibility index (Phi) is 46.5. The summed E-state index contributed by atoms with van der Waals surface area (Å²) in [5.41, 5.74) is 0. The van der Waals surface area contributed by atoms with Crippen LogP contribution in [0.5, 0.6) is 0 Å². The fourth-order valence-corrected chi connectivity index (χ4v) is 6.51. The Morgan fingerprint density at radius 3 is 1.10 bits per heavy atom. The van der Waals surface area contributed by atoms with Gasteiger partial charge in [0.25, 0.3) is 0 Å². The maximum atomic E-state index is 12.2. The molecule has 0 saturated heterocycles. The van der Waals surface area contributed by atoms with Crippen molar-refractivity contribution >= 4 is 11.9 Å². The second kappa shape index (κ2) is 49.2. The van der Waals surface area contributed by atoms with Crippen LogP contribution in [-0.4, -0.2) is 36.4 Å². The van der Waals surface area contributed by atoms with Crippen molar-refractivity contribution < 1.29 is 24.2 Å². The van der Waals surface area contributed by atoms with Crippen LogP contribution in [0, 0.1) is 0 Å². The number of unbranched alkanes of at least 4 members (excludes halogenated alkanes) is 19. The number of carbonyl (C=O) groups excluding carboxylic acids is 2. The summed E-state index contributed by atoms with van der Waals surface area (Å²) >= 11 is 0. The van der Waals surface area contributed by atoms with Gasteiger partial charge in [0.2, 0.25) is 0 Å². The molecule has 0 radical (unpaired) electrons. The highest BCUT2D eigenvalue weighted by Crippen LogP contribution is 2.14. The Morgan fingerprint density at radius 1 is 0.407 bits per heavy atom. The van der Waals surface area contributed by atoms with Crippen LogP contribution in [0.4, 0.5) is 0 Å². The molecule has 0 bridgehead atoms. The van der Waals surface area contributed by atoms with Gasteiger partial charge in [-0.2, -0.15) is 0 Å². The van der Waals surface area contributed by atoms with Crippen LogP contribution in [0.15, 0.2) is 97.2 Å².